The number of nitrogens with zero attached hydrogens (tertiary/aromatic N) is 2. The highest BCUT2D eigenvalue weighted by molar-refractivity contribution is 5.95. The second-order valence-corrected chi connectivity index (χ2v) is 8.30. The van der Waals surface area contributed by atoms with Crippen LogP contribution in [0.5, 0.6) is 0 Å². The van der Waals surface area contributed by atoms with Crippen LogP contribution in [0.2, 0.25) is 0 Å². The molecule has 0 radical (unpaired) electrons. The first-order chi connectivity index (χ1) is 14.2. The van der Waals surface area contributed by atoms with Crippen molar-refractivity contribution in [3.05, 3.63) is 30.3 Å². The van der Waals surface area contributed by atoms with Crippen molar-refractivity contribution in [1.82, 2.24) is 20.5 Å². The van der Waals surface area contributed by atoms with Crippen LogP contribution in [0.3, 0.4) is 0 Å². The zero-order chi connectivity index (χ0) is 19.8. The smallest absolute Gasteiger partial charge is 0.317 e. The SMILES string of the molecule is O=C(NCC[C@@H]1[C@H]2CN(C(=O)NC3CCOCC3)C[C@@H]12)c1cc2ccncc2o1. The van der Waals surface area contributed by atoms with Gasteiger partial charge in [0.15, 0.2) is 11.3 Å². The summed E-state index contributed by atoms with van der Waals surface area (Å²) in [6, 6.07) is 3.88. The van der Waals surface area contributed by atoms with E-state index in [1.165, 1.54) is 0 Å². The van der Waals surface area contributed by atoms with Gasteiger partial charge in [0.05, 0.1) is 6.20 Å². The Bertz CT molecular complexity index is 862. The average molecular weight is 398 g/mol. The summed E-state index contributed by atoms with van der Waals surface area (Å²) in [7, 11) is 0. The first-order valence-corrected chi connectivity index (χ1v) is 10.4. The van der Waals surface area contributed by atoms with Crippen LogP contribution in [-0.4, -0.2) is 60.7 Å². The Hall–Kier alpha value is -2.61. The Morgan fingerprint density at radius 3 is 2.76 bits per heavy atom. The number of furan rings is 1. The monoisotopic (exact) mass is 398 g/mol. The minimum absolute atomic E-state index is 0.0653. The number of aromatic nitrogens is 1. The number of ether oxygens (including phenoxy) is 1. The number of urea groups is 1. The molecule has 0 unspecified atom stereocenters. The molecule has 3 aliphatic rings. The number of carbonyl (C=O) groups is 2. The summed E-state index contributed by atoms with van der Waals surface area (Å²) < 4.78 is 10.9. The number of hydrogen-bond acceptors (Lipinski definition) is 5. The predicted molar refractivity (Wildman–Crippen MR) is 105 cm³/mol. The molecule has 5 rings (SSSR count). The molecule has 154 valence electrons. The largest absolute Gasteiger partial charge is 0.449 e. The van der Waals surface area contributed by atoms with Crippen molar-refractivity contribution in [3.63, 3.8) is 0 Å². The van der Waals surface area contributed by atoms with Gasteiger partial charge in [-0.15, -0.1) is 0 Å². The number of nitrogens with one attached hydrogen (secondary N) is 2. The maximum Gasteiger partial charge on any atom is 0.317 e. The molecule has 3 atom stereocenters. The van der Waals surface area contributed by atoms with E-state index in [1.54, 1.807) is 18.5 Å². The Kier molecular flexibility index (Phi) is 4.87. The molecule has 2 aliphatic heterocycles. The average Bonchev–Trinajstić information content (AvgIpc) is 3.11. The number of piperidine rings is 1. The number of fused-ring (bicyclic) bond motifs is 2. The number of amides is 3. The number of pyridine rings is 1. The fourth-order valence-corrected chi connectivity index (χ4v) is 4.79. The summed E-state index contributed by atoms with van der Waals surface area (Å²) in [4.78, 5) is 30.7. The summed E-state index contributed by atoms with van der Waals surface area (Å²) in [6.07, 6.45) is 6.03. The van der Waals surface area contributed by atoms with Gasteiger partial charge in [-0.1, -0.05) is 0 Å². The van der Waals surface area contributed by atoms with Gasteiger partial charge in [-0.05, 0) is 49.1 Å². The summed E-state index contributed by atoms with van der Waals surface area (Å²) in [6.45, 7) is 3.74. The first-order valence-electron chi connectivity index (χ1n) is 10.4. The van der Waals surface area contributed by atoms with Gasteiger partial charge >= 0.3 is 6.03 Å². The third kappa shape index (κ3) is 3.81. The fourth-order valence-electron chi connectivity index (χ4n) is 4.79. The normalized spacial score (nSPS) is 26.3. The van der Waals surface area contributed by atoms with E-state index in [2.05, 4.69) is 15.6 Å². The maximum absolute atomic E-state index is 12.4. The van der Waals surface area contributed by atoms with Gasteiger partial charge in [0.1, 0.15) is 0 Å². The van der Waals surface area contributed by atoms with E-state index < -0.39 is 0 Å². The Balaban J connectivity index is 1.04. The molecule has 8 heteroatoms. The summed E-state index contributed by atoms with van der Waals surface area (Å²) in [5.41, 5.74) is 0.619. The highest BCUT2D eigenvalue weighted by Crippen LogP contribution is 2.53. The van der Waals surface area contributed by atoms with Crippen LogP contribution >= 0.6 is 0 Å². The van der Waals surface area contributed by atoms with Crippen LogP contribution in [-0.2, 0) is 4.74 Å². The summed E-state index contributed by atoms with van der Waals surface area (Å²) in [5.74, 6) is 1.88. The number of rotatable bonds is 5. The van der Waals surface area contributed by atoms with Gasteiger partial charge in [0.2, 0.25) is 0 Å². The molecule has 2 aromatic rings. The second kappa shape index (κ2) is 7.67. The summed E-state index contributed by atoms with van der Waals surface area (Å²) in [5, 5.41) is 6.97. The van der Waals surface area contributed by atoms with Gasteiger partial charge < -0.3 is 24.7 Å². The molecule has 0 bridgehead atoms. The zero-order valence-electron chi connectivity index (χ0n) is 16.3. The van der Waals surface area contributed by atoms with E-state index in [-0.39, 0.29) is 18.0 Å². The third-order valence-electron chi connectivity index (χ3n) is 6.52. The molecule has 2 saturated heterocycles. The molecule has 29 heavy (non-hydrogen) atoms. The molecule has 0 spiro atoms. The Labute approximate surface area is 169 Å². The minimum atomic E-state index is -0.190. The van der Waals surface area contributed by atoms with Gasteiger partial charge in [-0.2, -0.15) is 0 Å². The molecular weight excluding hydrogens is 372 g/mol. The molecule has 3 amide bonds. The highest BCUT2D eigenvalue weighted by Gasteiger charge is 2.55. The molecule has 1 aliphatic carbocycles. The lowest BCUT2D eigenvalue weighted by Crippen LogP contribution is -2.46. The quantitative estimate of drug-likeness (QED) is 0.803. The fraction of sp³-hybridized carbons (Fsp3) is 0.571. The van der Waals surface area contributed by atoms with Crippen molar-refractivity contribution >= 4 is 22.9 Å². The molecule has 0 aromatic carbocycles. The van der Waals surface area contributed by atoms with Crippen molar-refractivity contribution in [1.29, 1.82) is 0 Å². The Morgan fingerprint density at radius 2 is 2.00 bits per heavy atom. The second-order valence-electron chi connectivity index (χ2n) is 8.30. The van der Waals surface area contributed by atoms with Gasteiger partial charge in [-0.3, -0.25) is 9.78 Å². The molecular formula is C21H26N4O4. The number of carbonyl (C=O) groups excluding carboxylic acids is 2. The van der Waals surface area contributed by atoms with E-state index in [1.807, 2.05) is 11.0 Å². The van der Waals surface area contributed by atoms with Crippen LogP contribution in [0, 0.1) is 17.8 Å². The van der Waals surface area contributed by atoms with Crippen molar-refractivity contribution in [2.75, 3.05) is 32.8 Å². The van der Waals surface area contributed by atoms with Crippen molar-refractivity contribution in [2.24, 2.45) is 17.8 Å². The van der Waals surface area contributed by atoms with Gasteiger partial charge in [0, 0.05) is 50.5 Å². The van der Waals surface area contributed by atoms with Gasteiger partial charge in [-0.25, -0.2) is 4.79 Å². The number of likely N-dealkylation sites (tertiary alicyclic amines) is 1. The van der Waals surface area contributed by atoms with E-state index >= 15 is 0 Å². The number of hydrogen-bond donors (Lipinski definition) is 2. The molecule has 2 aromatic heterocycles. The van der Waals surface area contributed by atoms with Crippen LogP contribution in [0.4, 0.5) is 4.79 Å². The van der Waals surface area contributed by atoms with Crippen molar-refractivity contribution in [3.8, 4) is 0 Å². The maximum atomic E-state index is 12.4. The topological polar surface area (TPSA) is 96.7 Å². The standard InChI is InChI=1S/C21H26N4O4/c26-20(18-9-13-1-5-22-10-19(13)29-18)23-6-2-15-16-11-25(12-17(15)16)21(27)24-14-3-7-28-8-4-14/h1,5,9-10,14-17H,2-4,6-8,11-12H2,(H,23,26)(H,24,27)/t15-,16-,17+. The lowest BCUT2D eigenvalue weighted by molar-refractivity contribution is 0.0782. The van der Waals surface area contributed by atoms with Crippen LogP contribution in [0.25, 0.3) is 11.0 Å². The lowest BCUT2D eigenvalue weighted by atomic mass is 10.1. The van der Waals surface area contributed by atoms with E-state index in [0.717, 1.165) is 51.0 Å². The summed E-state index contributed by atoms with van der Waals surface area (Å²) >= 11 is 0. The molecule has 4 heterocycles. The van der Waals surface area contributed by atoms with E-state index in [0.29, 0.717) is 35.6 Å². The molecule has 3 fully saturated rings. The highest BCUT2D eigenvalue weighted by atomic mass is 16.5. The van der Waals surface area contributed by atoms with Crippen molar-refractivity contribution < 1.29 is 18.7 Å². The Morgan fingerprint density at radius 1 is 1.21 bits per heavy atom. The molecule has 1 saturated carbocycles. The first kappa shape index (κ1) is 18.4. The van der Waals surface area contributed by atoms with E-state index in [9.17, 15) is 9.59 Å². The predicted octanol–water partition coefficient (Wildman–Crippen LogP) is 2.01. The molecule has 2 N–H and O–H groups in total. The van der Waals surface area contributed by atoms with E-state index in [4.69, 9.17) is 9.15 Å². The molecule has 8 nitrogen and oxygen atoms in total. The zero-order valence-corrected chi connectivity index (χ0v) is 16.3. The van der Waals surface area contributed by atoms with Crippen molar-refractivity contribution in [2.45, 2.75) is 25.3 Å². The third-order valence-corrected chi connectivity index (χ3v) is 6.52. The van der Waals surface area contributed by atoms with Crippen LogP contribution in [0.1, 0.15) is 29.8 Å². The lowest BCUT2D eigenvalue weighted by Gasteiger charge is -2.27. The van der Waals surface area contributed by atoms with Crippen LogP contribution in [0.15, 0.2) is 28.9 Å². The minimum Gasteiger partial charge on any atom is -0.449 e. The van der Waals surface area contributed by atoms with Crippen LogP contribution < -0.4 is 10.6 Å². The van der Waals surface area contributed by atoms with Gasteiger partial charge in [0.25, 0.3) is 5.91 Å².